The van der Waals surface area contributed by atoms with Crippen molar-refractivity contribution in [2.24, 2.45) is 7.05 Å². The fraction of sp³-hybridized carbons (Fsp3) is 0.429. The number of benzene rings is 1. The molecule has 8 heteroatoms. The molecule has 1 aliphatic heterocycles. The Hall–Kier alpha value is -3.16. The fourth-order valence-corrected chi connectivity index (χ4v) is 4.00. The van der Waals surface area contributed by atoms with Crippen LogP contribution in [0.4, 0.5) is 0 Å². The molecular weight excluding hydrogens is 370 g/mol. The molecule has 1 aromatic carbocycles. The number of hydrogen-bond acceptors (Lipinski definition) is 5. The molecule has 3 heterocycles. The summed E-state index contributed by atoms with van der Waals surface area (Å²) in [5.74, 6) is 1.45. The molecule has 4 rings (SSSR count). The van der Waals surface area contributed by atoms with Crippen LogP contribution < -0.4 is 5.69 Å². The zero-order valence-electron chi connectivity index (χ0n) is 17.0. The third-order valence-electron chi connectivity index (χ3n) is 5.61. The van der Waals surface area contributed by atoms with Crippen molar-refractivity contribution < 1.29 is 9.32 Å². The summed E-state index contributed by atoms with van der Waals surface area (Å²) in [6.07, 6.45) is 2.04. The molecule has 0 N–H and O–H groups in total. The van der Waals surface area contributed by atoms with E-state index in [0.717, 1.165) is 29.8 Å². The minimum Gasteiger partial charge on any atom is -0.361 e. The van der Waals surface area contributed by atoms with Crippen molar-refractivity contribution in [1.29, 1.82) is 0 Å². The maximum absolute atomic E-state index is 12.9. The Balaban J connectivity index is 1.59. The molecule has 3 aromatic rings. The van der Waals surface area contributed by atoms with E-state index in [1.165, 1.54) is 4.68 Å². The van der Waals surface area contributed by atoms with Crippen LogP contribution in [-0.4, -0.2) is 43.4 Å². The molecule has 1 aliphatic rings. The molecule has 152 valence electrons. The Bertz CT molecular complexity index is 1060. The second-order valence-electron chi connectivity index (χ2n) is 7.59. The SMILES string of the molecule is Cc1noc(C)c1CC(=O)N1CCC[C@H](c2nn(C)c(=O)n2-c2ccccc2)C1. The molecular formula is C21H25N5O3. The fourth-order valence-electron chi connectivity index (χ4n) is 4.00. The molecule has 0 unspecified atom stereocenters. The van der Waals surface area contributed by atoms with Gasteiger partial charge in [-0.25, -0.2) is 14.0 Å². The zero-order valence-corrected chi connectivity index (χ0v) is 17.0. The maximum Gasteiger partial charge on any atom is 0.350 e. The van der Waals surface area contributed by atoms with Crippen LogP contribution in [0.25, 0.3) is 5.69 Å². The lowest BCUT2D eigenvalue weighted by atomic mass is 9.96. The van der Waals surface area contributed by atoms with Gasteiger partial charge in [-0.2, -0.15) is 5.10 Å². The number of nitrogens with zero attached hydrogens (tertiary/aromatic N) is 5. The van der Waals surface area contributed by atoms with Crippen LogP contribution in [0.15, 0.2) is 39.6 Å². The molecule has 8 nitrogen and oxygen atoms in total. The number of aryl methyl sites for hydroxylation is 3. The minimum absolute atomic E-state index is 0.00600. The average molecular weight is 395 g/mol. The van der Waals surface area contributed by atoms with Crippen LogP contribution >= 0.6 is 0 Å². The van der Waals surface area contributed by atoms with E-state index in [1.807, 2.05) is 49.1 Å². The largest absolute Gasteiger partial charge is 0.361 e. The molecule has 0 spiro atoms. The lowest BCUT2D eigenvalue weighted by Crippen LogP contribution is -2.40. The van der Waals surface area contributed by atoms with Crippen molar-refractivity contribution in [3.05, 3.63) is 63.7 Å². The summed E-state index contributed by atoms with van der Waals surface area (Å²) in [5.41, 5.74) is 2.23. The molecule has 1 fully saturated rings. The Morgan fingerprint density at radius 3 is 2.69 bits per heavy atom. The van der Waals surface area contributed by atoms with E-state index in [1.54, 1.807) is 11.6 Å². The van der Waals surface area contributed by atoms with Gasteiger partial charge in [-0.1, -0.05) is 23.4 Å². The molecule has 0 radical (unpaired) electrons. The second-order valence-corrected chi connectivity index (χ2v) is 7.59. The normalized spacial score (nSPS) is 16.9. The maximum atomic E-state index is 12.9. The van der Waals surface area contributed by atoms with E-state index < -0.39 is 0 Å². The predicted octanol–water partition coefficient (Wildman–Crippen LogP) is 2.12. The van der Waals surface area contributed by atoms with Gasteiger partial charge in [0.1, 0.15) is 11.6 Å². The van der Waals surface area contributed by atoms with Gasteiger partial charge in [0.2, 0.25) is 5.91 Å². The highest BCUT2D eigenvalue weighted by atomic mass is 16.5. The van der Waals surface area contributed by atoms with Crippen LogP contribution in [0.2, 0.25) is 0 Å². The van der Waals surface area contributed by atoms with Crippen molar-refractivity contribution in [3.8, 4) is 5.69 Å². The molecule has 0 bridgehead atoms. The number of likely N-dealkylation sites (tertiary alicyclic amines) is 1. The summed E-state index contributed by atoms with van der Waals surface area (Å²) in [6, 6.07) is 9.52. The number of para-hydroxylation sites is 1. The van der Waals surface area contributed by atoms with Crippen molar-refractivity contribution in [2.45, 2.75) is 39.0 Å². The van der Waals surface area contributed by atoms with Gasteiger partial charge in [0.05, 0.1) is 17.8 Å². The molecule has 1 saturated heterocycles. The smallest absolute Gasteiger partial charge is 0.350 e. The Kier molecular flexibility index (Phi) is 5.08. The number of carbonyl (C=O) groups is 1. The first-order chi connectivity index (χ1) is 14.0. The van der Waals surface area contributed by atoms with Gasteiger partial charge in [0.15, 0.2) is 0 Å². The van der Waals surface area contributed by atoms with Gasteiger partial charge in [-0.15, -0.1) is 0 Å². The minimum atomic E-state index is -0.176. The molecule has 1 amide bonds. The van der Waals surface area contributed by atoms with Gasteiger partial charge in [-0.3, -0.25) is 4.79 Å². The van der Waals surface area contributed by atoms with E-state index in [4.69, 9.17) is 4.52 Å². The average Bonchev–Trinajstić information content (AvgIpc) is 3.22. The van der Waals surface area contributed by atoms with E-state index in [2.05, 4.69) is 10.3 Å². The number of aromatic nitrogens is 4. The van der Waals surface area contributed by atoms with E-state index in [0.29, 0.717) is 24.7 Å². The summed E-state index contributed by atoms with van der Waals surface area (Å²) in [7, 11) is 1.66. The highest BCUT2D eigenvalue weighted by Gasteiger charge is 2.30. The van der Waals surface area contributed by atoms with Gasteiger partial charge in [0.25, 0.3) is 0 Å². The Morgan fingerprint density at radius 1 is 1.24 bits per heavy atom. The first kappa shape index (κ1) is 19.2. The van der Waals surface area contributed by atoms with E-state index in [9.17, 15) is 9.59 Å². The van der Waals surface area contributed by atoms with Crippen LogP contribution in [0.3, 0.4) is 0 Å². The van der Waals surface area contributed by atoms with Gasteiger partial charge >= 0.3 is 5.69 Å². The van der Waals surface area contributed by atoms with Crippen LogP contribution in [-0.2, 0) is 18.3 Å². The molecule has 0 aliphatic carbocycles. The van der Waals surface area contributed by atoms with Gasteiger partial charge < -0.3 is 9.42 Å². The monoisotopic (exact) mass is 395 g/mol. The first-order valence-electron chi connectivity index (χ1n) is 9.86. The van der Waals surface area contributed by atoms with Crippen LogP contribution in [0.1, 0.15) is 41.6 Å². The van der Waals surface area contributed by atoms with Gasteiger partial charge in [0, 0.05) is 31.6 Å². The quantitative estimate of drug-likeness (QED) is 0.675. The molecule has 0 saturated carbocycles. The third-order valence-corrected chi connectivity index (χ3v) is 5.61. The molecule has 1 atom stereocenters. The highest BCUT2D eigenvalue weighted by molar-refractivity contribution is 5.79. The van der Waals surface area contributed by atoms with E-state index >= 15 is 0 Å². The third kappa shape index (κ3) is 3.62. The number of carbonyl (C=O) groups excluding carboxylic acids is 1. The van der Waals surface area contributed by atoms with Crippen LogP contribution in [0, 0.1) is 13.8 Å². The summed E-state index contributed by atoms with van der Waals surface area (Å²) < 4.78 is 8.21. The topological polar surface area (TPSA) is 86.2 Å². The lowest BCUT2D eigenvalue weighted by molar-refractivity contribution is -0.131. The van der Waals surface area contributed by atoms with Crippen molar-refractivity contribution in [2.75, 3.05) is 13.1 Å². The second kappa shape index (κ2) is 7.69. The van der Waals surface area contributed by atoms with Crippen molar-refractivity contribution in [1.82, 2.24) is 24.4 Å². The van der Waals surface area contributed by atoms with Crippen molar-refractivity contribution >= 4 is 5.91 Å². The highest BCUT2D eigenvalue weighted by Crippen LogP contribution is 2.27. The number of amides is 1. The number of hydrogen-bond donors (Lipinski definition) is 0. The Labute approximate surface area is 168 Å². The lowest BCUT2D eigenvalue weighted by Gasteiger charge is -2.32. The summed E-state index contributed by atoms with van der Waals surface area (Å²) >= 11 is 0. The standard InChI is InChI=1S/C21H25N5O3/c1-14-18(15(2)29-23-14)12-19(27)25-11-7-8-16(13-25)20-22-24(3)21(28)26(20)17-9-5-4-6-10-17/h4-6,9-10,16H,7-8,11-13H2,1-3H3/t16-/m0/s1. The van der Waals surface area contributed by atoms with Gasteiger partial charge in [-0.05, 0) is 38.8 Å². The van der Waals surface area contributed by atoms with E-state index in [-0.39, 0.29) is 23.9 Å². The Morgan fingerprint density at radius 2 is 2.00 bits per heavy atom. The zero-order chi connectivity index (χ0) is 20.5. The summed E-state index contributed by atoms with van der Waals surface area (Å²) in [6.45, 7) is 4.94. The number of rotatable bonds is 4. The predicted molar refractivity (Wildman–Crippen MR) is 107 cm³/mol. The molecule has 29 heavy (non-hydrogen) atoms. The van der Waals surface area contributed by atoms with Crippen LogP contribution in [0.5, 0.6) is 0 Å². The summed E-state index contributed by atoms with van der Waals surface area (Å²) in [5, 5.41) is 8.45. The van der Waals surface area contributed by atoms with Crippen molar-refractivity contribution in [3.63, 3.8) is 0 Å². The molecule has 2 aromatic heterocycles. The number of piperidine rings is 1. The first-order valence-corrected chi connectivity index (χ1v) is 9.86. The summed E-state index contributed by atoms with van der Waals surface area (Å²) in [4.78, 5) is 27.5.